The lowest BCUT2D eigenvalue weighted by atomic mass is 10.1. The van der Waals surface area contributed by atoms with Crippen molar-refractivity contribution >= 4 is 0 Å². The van der Waals surface area contributed by atoms with Crippen LogP contribution in [0, 0.1) is 13.8 Å². The first-order valence-corrected chi connectivity index (χ1v) is 7.90. The van der Waals surface area contributed by atoms with Gasteiger partial charge in [0.2, 0.25) is 0 Å². The molecule has 0 aliphatic carbocycles. The van der Waals surface area contributed by atoms with Gasteiger partial charge < -0.3 is 10.2 Å². The molecule has 1 aromatic heterocycles. The predicted octanol–water partition coefficient (Wildman–Crippen LogP) is 1.16. The minimum atomic E-state index is 0.313. The predicted molar refractivity (Wildman–Crippen MR) is 86.6 cm³/mol. The first-order chi connectivity index (χ1) is 10.0. The maximum absolute atomic E-state index is 4.82. The fourth-order valence-electron chi connectivity index (χ4n) is 3.01. The second kappa shape index (κ2) is 7.29. The van der Waals surface area contributed by atoms with E-state index in [1.165, 1.54) is 5.56 Å². The lowest BCUT2D eigenvalue weighted by molar-refractivity contribution is 0.109. The number of nitrogens with one attached hydrogen (secondary N) is 1. The van der Waals surface area contributed by atoms with Gasteiger partial charge >= 0.3 is 0 Å². The summed E-state index contributed by atoms with van der Waals surface area (Å²) < 4.78 is 0. The van der Waals surface area contributed by atoms with Gasteiger partial charge in [-0.15, -0.1) is 0 Å². The zero-order valence-electron chi connectivity index (χ0n) is 14.1. The number of rotatable bonds is 5. The van der Waals surface area contributed by atoms with Crippen LogP contribution in [0.4, 0.5) is 0 Å². The van der Waals surface area contributed by atoms with E-state index in [2.05, 4.69) is 43.1 Å². The van der Waals surface area contributed by atoms with Crippen LogP contribution in [0.15, 0.2) is 0 Å². The summed E-state index contributed by atoms with van der Waals surface area (Å²) in [4.78, 5) is 14.4. The van der Waals surface area contributed by atoms with Crippen molar-refractivity contribution in [2.45, 2.75) is 32.7 Å². The van der Waals surface area contributed by atoms with Crippen molar-refractivity contribution in [3.05, 3.63) is 22.8 Å². The van der Waals surface area contributed by atoms with Crippen molar-refractivity contribution < 1.29 is 0 Å². The fraction of sp³-hybridized carbons (Fsp3) is 0.750. The van der Waals surface area contributed by atoms with Gasteiger partial charge in [0.1, 0.15) is 5.82 Å². The molecule has 5 nitrogen and oxygen atoms in total. The van der Waals surface area contributed by atoms with Crippen molar-refractivity contribution in [1.82, 2.24) is 25.1 Å². The van der Waals surface area contributed by atoms with E-state index in [-0.39, 0.29) is 0 Å². The zero-order valence-corrected chi connectivity index (χ0v) is 14.1. The highest BCUT2D eigenvalue weighted by Gasteiger charge is 2.26. The number of aryl methyl sites for hydroxylation is 2. The molecule has 1 aliphatic rings. The molecule has 1 unspecified atom stereocenters. The van der Waals surface area contributed by atoms with E-state index in [1.807, 2.05) is 7.05 Å². The second-order valence-electron chi connectivity index (χ2n) is 6.20. The van der Waals surface area contributed by atoms with Crippen LogP contribution in [0.5, 0.6) is 0 Å². The van der Waals surface area contributed by atoms with Gasteiger partial charge in [0.15, 0.2) is 0 Å². The van der Waals surface area contributed by atoms with Gasteiger partial charge in [0.05, 0.1) is 6.04 Å². The van der Waals surface area contributed by atoms with Crippen LogP contribution in [0.2, 0.25) is 0 Å². The maximum atomic E-state index is 4.82. The smallest absolute Gasteiger partial charge is 0.147 e. The Balaban J connectivity index is 2.18. The lowest BCUT2D eigenvalue weighted by Crippen LogP contribution is -2.45. The van der Waals surface area contributed by atoms with Crippen LogP contribution in [-0.4, -0.2) is 67.1 Å². The fourth-order valence-corrected chi connectivity index (χ4v) is 3.01. The topological polar surface area (TPSA) is 44.3 Å². The molecule has 0 aromatic carbocycles. The molecule has 0 amide bonds. The summed E-state index contributed by atoms with van der Waals surface area (Å²) in [6, 6.07) is 0.313. The molecule has 1 aromatic rings. The maximum Gasteiger partial charge on any atom is 0.147 e. The summed E-state index contributed by atoms with van der Waals surface area (Å²) in [5, 5.41) is 3.20. The third-order valence-electron chi connectivity index (χ3n) is 4.44. The van der Waals surface area contributed by atoms with Gasteiger partial charge in [-0.05, 0) is 59.9 Å². The Bertz CT molecular complexity index is 451. The van der Waals surface area contributed by atoms with Crippen LogP contribution in [-0.2, 0) is 6.42 Å². The molecule has 0 spiro atoms. The van der Waals surface area contributed by atoms with E-state index in [0.29, 0.717) is 6.04 Å². The van der Waals surface area contributed by atoms with Gasteiger partial charge in [-0.25, -0.2) is 9.97 Å². The van der Waals surface area contributed by atoms with Gasteiger partial charge in [0.25, 0.3) is 0 Å². The first-order valence-electron chi connectivity index (χ1n) is 7.90. The van der Waals surface area contributed by atoms with E-state index < -0.39 is 0 Å². The SMILES string of the molecule is CNCCCc1c(C)nc(C2CN(C)CCN2C)nc1C. The standard InChI is InChI=1S/C16H29N5/c1-12-14(7-6-8-17-3)13(2)19-16(18-12)15-11-20(4)9-10-21(15)5/h15,17H,6-11H2,1-5H3. The molecule has 1 N–H and O–H groups in total. The van der Waals surface area contributed by atoms with Gasteiger partial charge in [-0.1, -0.05) is 0 Å². The van der Waals surface area contributed by atoms with Crippen LogP contribution >= 0.6 is 0 Å². The van der Waals surface area contributed by atoms with Crippen LogP contribution < -0.4 is 5.32 Å². The number of aromatic nitrogens is 2. The lowest BCUT2D eigenvalue weighted by Gasteiger charge is -2.37. The monoisotopic (exact) mass is 291 g/mol. The van der Waals surface area contributed by atoms with Crippen LogP contribution in [0.3, 0.4) is 0 Å². The van der Waals surface area contributed by atoms with Crippen molar-refractivity contribution in [1.29, 1.82) is 0 Å². The third kappa shape index (κ3) is 3.99. The molecule has 0 radical (unpaired) electrons. The van der Waals surface area contributed by atoms with E-state index in [1.54, 1.807) is 0 Å². The molecule has 1 fully saturated rings. The number of hydrogen-bond donors (Lipinski definition) is 1. The normalized spacial score (nSPS) is 20.9. The minimum absolute atomic E-state index is 0.313. The molecule has 2 rings (SSSR count). The Morgan fingerprint density at radius 3 is 2.43 bits per heavy atom. The van der Waals surface area contributed by atoms with E-state index >= 15 is 0 Å². The van der Waals surface area contributed by atoms with Crippen LogP contribution in [0.25, 0.3) is 0 Å². The highest BCUT2D eigenvalue weighted by molar-refractivity contribution is 5.25. The first kappa shape index (κ1) is 16.3. The average Bonchev–Trinajstić information content (AvgIpc) is 2.44. The average molecular weight is 291 g/mol. The Morgan fingerprint density at radius 2 is 1.81 bits per heavy atom. The molecule has 2 heterocycles. The zero-order chi connectivity index (χ0) is 15.4. The molecule has 1 atom stereocenters. The highest BCUT2D eigenvalue weighted by atomic mass is 15.3. The van der Waals surface area contributed by atoms with Crippen LogP contribution in [0.1, 0.15) is 35.2 Å². The molecular weight excluding hydrogens is 262 g/mol. The Kier molecular flexibility index (Phi) is 5.67. The van der Waals surface area contributed by atoms with Crippen molar-refractivity contribution in [3.8, 4) is 0 Å². The Morgan fingerprint density at radius 1 is 1.14 bits per heavy atom. The second-order valence-corrected chi connectivity index (χ2v) is 6.20. The van der Waals surface area contributed by atoms with Gasteiger partial charge in [-0.2, -0.15) is 0 Å². The Labute approximate surface area is 128 Å². The molecule has 1 saturated heterocycles. The minimum Gasteiger partial charge on any atom is -0.320 e. The molecule has 0 saturated carbocycles. The summed E-state index contributed by atoms with van der Waals surface area (Å²) in [6.07, 6.45) is 2.19. The summed E-state index contributed by atoms with van der Waals surface area (Å²) in [7, 11) is 6.34. The van der Waals surface area contributed by atoms with Crippen molar-refractivity contribution in [2.75, 3.05) is 47.3 Å². The van der Waals surface area contributed by atoms with Crippen molar-refractivity contribution in [3.63, 3.8) is 0 Å². The van der Waals surface area contributed by atoms with Gasteiger partial charge in [-0.3, -0.25) is 4.90 Å². The molecule has 118 valence electrons. The highest BCUT2D eigenvalue weighted by Crippen LogP contribution is 2.22. The quantitative estimate of drug-likeness (QED) is 0.825. The number of piperazine rings is 1. The van der Waals surface area contributed by atoms with Gasteiger partial charge in [0, 0.05) is 31.0 Å². The summed E-state index contributed by atoms with van der Waals surface area (Å²) in [5.41, 5.74) is 3.62. The Hall–Kier alpha value is -1.04. The van der Waals surface area contributed by atoms with E-state index in [9.17, 15) is 0 Å². The number of hydrogen-bond acceptors (Lipinski definition) is 5. The molecule has 1 aliphatic heterocycles. The largest absolute Gasteiger partial charge is 0.320 e. The van der Waals surface area contributed by atoms with Crippen molar-refractivity contribution in [2.24, 2.45) is 0 Å². The molecule has 5 heteroatoms. The number of nitrogens with zero attached hydrogens (tertiary/aromatic N) is 4. The van der Waals surface area contributed by atoms with E-state index in [4.69, 9.17) is 9.97 Å². The summed E-state index contributed by atoms with van der Waals surface area (Å²) in [5.74, 6) is 0.983. The molecular formula is C16H29N5. The summed E-state index contributed by atoms with van der Waals surface area (Å²) >= 11 is 0. The molecule has 21 heavy (non-hydrogen) atoms. The van der Waals surface area contributed by atoms with E-state index in [0.717, 1.165) is 56.2 Å². The third-order valence-corrected chi connectivity index (χ3v) is 4.44. The molecule has 0 bridgehead atoms. The summed E-state index contributed by atoms with van der Waals surface area (Å²) in [6.45, 7) is 8.49. The number of likely N-dealkylation sites (N-methyl/N-ethyl adjacent to an activating group) is 2.